The number of carbonyl (C=O) groups excluding carboxylic acids is 2. The summed E-state index contributed by atoms with van der Waals surface area (Å²) in [6.45, 7) is 11.2. The molecule has 0 spiro atoms. The first kappa shape index (κ1) is 32.9. The number of hydrogen-bond donors (Lipinski definition) is 0. The van der Waals surface area contributed by atoms with Crippen LogP contribution < -0.4 is 4.74 Å². The molecule has 0 bridgehead atoms. The Hall–Kier alpha value is -4.51. The molecule has 240 valence electrons. The molecule has 5 rings (SSSR count). The maximum absolute atomic E-state index is 14.2. The first-order chi connectivity index (χ1) is 21.8. The Kier molecular flexibility index (Phi) is 9.34. The summed E-state index contributed by atoms with van der Waals surface area (Å²) in [5.41, 5.74) is 5.57. The number of cyclic esters (lactones) is 1. The number of nitrogens with zero attached hydrogens (tertiary/aromatic N) is 4. The average molecular weight is 645 g/mol. The number of rotatable bonds is 8. The van der Waals surface area contributed by atoms with Gasteiger partial charge in [0.15, 0.2) is 5.16 Å². The summed E-state index contributed by atoms with van der Waals surface area (Å²) in [5, 5.41) is 0.535. The molecule has 0 aliphatic carbocycles. The van der Waals surface area contributed by atoms with Gasteiger partial charge in [-0.3, -0.25) is 4.90 Å². The Morgan fingerprint density at radius 2 is 1.80 bits per heavy atom. The Morgan fingerprint density at radius 1 is 1.04 bits per heavy atom. The van der Waals surface area contributed by atoms with Crippen LogP contribution in [0.25, 0.3) is 22.3 Å². The fraction of sp³-hybridized carbons (Fsp3) is 0.343. The van der Waals surface area contributed by atoms with Crippen molar-refractivity contribution in [1.29, 1.82) is 0 Å². The summed E-state index contributed by atoms with van der Waals surface area (Å²) in [5.74, 6) is -0.414. The molecule has 2 atom stereocenters. The van der Waals surface area contributed by atoms with Crippen LogP contribution in [0.15, 0.2) is 60.0 Å². The first-order valence-corrected chi connectivity index (χ1v) is 16.0. The van der Waals surface area contributed by atoms with Gasteiger partial charge in [-0.05, 0) is 100 Å². The minimum Gasteiger partial charge on any atom is -0.481 e. The van der Waals surface area contributed by atoms with Crippen LogP contribution in [0.3, 0.4) is 0 Å². The molecule has 1 saturated heterocycles. The number of carbonyl (C=O) groups is 2. The molecule has 0 saturated carbocycles. The molecule has 1 aliphatic rings. The molecule has 46 heavy (non-hydrogen) atoms. The SMILES string of the molecule is COc1ncc(-c2ccc(C(=O)OC(C)(C)C)cc2C)cc1-c1cnc(SC)nc1CN1C(=O)O[C@H](c2cc(C)cc(F)c2)[C@@H]1C. The molecule has 1 fully saturated rings. The molecule has 4 aromatic rings. The third-order valence-corrected chi connectivity index (χ3v) is 8.20. The molecule has 1 amide bonds. The van der Waals surface area contributed by atoms with Crippen LogP contribution in [0.4, 0.5) is 9.18 Å². The van der Waals surface area contributed by atoms with Gasteiger partial charge >= 0.3 is 12.1 Å². The van der Waals surface area contributed by atoms with Crippen molar-refractivity contribution in [1.82, 2.24) is 19.9 Å². The number of ether oxygens (including phenoxy) is 3. The van der Waals surface area contributed by atoms with E-state index in [4.69, 9.17) is 19.2 Å². The Bertz CT molecular complexity index is 1790. The van der Waals surface area contributed by atoms with Crippen molar-refractivity contribution >= 4 is 23.8 Å². The fourth-order valence-electron chi connectivity index (χ4n) is 5.50. The molecular weight excluding hydrogens is 607 g/mol. The number of hydrogen-bond acceptors (Lipinski definition) is 9. The van der Waals surface area contributed by atoms with Gasteiger partial charge in [0, 0.05) is 29.1 Å². The van der Waals surface area contributed by atoms with Crippen molar-refractivity contribution in [3.05, 3.63) is 88.6 Å². The van der Waals surface area contributed by atoms with Crippen LogP contribution in [-0.2, 0) is 16.0 Å². The smallest absolute Gasteiger partial charge is 0.411 e. The van der Waals surface area contributed by atoms with Crippen LogP contribution >= 0.6 is 11.8 Å². The fourth-order valence-corrected chi connectivity index (χ4v) is 5.86. The van der Waals surface area contributed by atoms with Gasteiger partial charge in [0.25, 0.3) is 0 Å². The molecule has 0 radical (unpaired) electrons. The summed E-state index contributed by atoms with van der Waals surface area (Å²) in [4.78, 5) is 41.4. The zero-order valence-electron chi connectivity index (χ0n) is 27.2. The number of amides is 1. The lowest BCUT2D eigenvalue weighted by Crippen LogP contribution is -2.32. The molecule has 9 nitrogen and oxygen atoms in total. The topological polar surface area (TPSA) is 104 Å². The largest absolute Gasteiger partial charge is 0.481 e. The molecule has 0 unspecified atom stereocenters. The standard InChI is InChI=1S/C35H37FN4O5S/c1-19-11-23(14-25(36)12-19)30-21(3)40(34(42)44-30)18-29-28(17-38-33(39-29)46-8)27-15-24(16-37-31(27)43-7)26-10-9-22(13-20(26)2)32(41)45-35(4,5)6/h9-17,21,30H,18H2,1-8H3/t21-,30-/m0/s1. The molecular formula is C35H37FN4O5S. The molecule has 3 heterocycles. The first-order valence-electron chi connectivity index (χ1n) is 14.8. The molecule has 0 N–H and O–H groups in total. The monoisotopic (exact) mass is 644 g/mol. The van der Waals surface area contributed by atoms with Gasteiger partial charge in [0.1, 0.15) is 17.5 Å². The van der Waals surface area contributed by atoms with E-state index in [2.05, 4.69) is 9.97 Å². The van der Waals surface area contributed by atoms with Crippen LogP contribution in [-0.4, -0.2) is 56.9 Å². The highest BCUT2D eigenvalue weighted by molar-refractivity contribution is 7.98. The second-order valence-corrected chi connectivity index (χ2v) is 13.0. The number of pyridine rings is 1. The van der Waals surface area contributed by atoms with Gasteiger partial charge in [0.2, 0.25) is 5.88 Å². The molecule has 2 aromatic carbocycles. The summed E-state index contributed by atoms with van der Waals surface area (Å²) in [6.07, 6.45) is 4.13. The van der Waals surface area contributed by atoms with Crippen molar-refractivity contribution in [2.24, 2.45) is 0 Å². The lowest BCUT2D eigenvalue weighted by Gasteiger charge is -2.22. The Balaban J connectivity index is 1.51. The van der Waals surface area contributed by atoms with Crippen molar-refractivity contribution in [3.8, 4) is 28.1 Å². The van der Waals surface area contributed by atoms with Crippen molar-refractivity contribution in [3.63, 3.8) is 0 Å². The number of thioether (sulfide) groups is 1. The quantitative estimate of drug-likeness (QED) is 0.108. The highest BCUT2D eigenvalue weighted by Gasteiger charge is 2.40. The number of benzene rings is 2. The van der Waals surface area contributed by atoms with E-state index >= 15 is 0 Å². The third-order valence-electron chi connectivity index (χ3n) is 7.64. The van der Waals surface area contributed by atoms with Gasteiger partial charge in [0.05, 0.1) is 31.0 Å². The van der Waals surface area contributed by atoms with Crippen LogP contribution in [0.1, 0.15) is 66.5 Å². The third kappa shape index (κ3) is 6.99. The summed E-state index contributed by atoms with van der Waals surface area (Å²) in [7, 11) is 1.54. The second kappa shape index (κ2) is 13.1. The predicted molar refractivity (Wildman–Crippen MR) is 174 cm³/mol. The zero-order chi connectivity index (χ0) is 33.3. The number of aromatic nitrogens is 3. The normalized spacial score (nSPS) is 16.4. The van der Waals surface area contributed by atoms with Gasteiger partial charge in [-0.1, -0.05) is 23.9 Å². The highest BCUT2D eigenvalue weighted by atomic mass is 32.2. The van der Waals surface area contributed by atoms with Crippen molar-refractivity contribution < 1.29 is 28.2 Å². The van der Waals surface area contributed by atoms with E-state index in [9.17, 15) is 14.0 Å². The van der Waals surface area contributed by atoms with Gasteiger partial charge in [-0.25, -0.2) is 28.9 Å². The molecule has 11 heteroatoms. The van der Waals surface area contributed by atoms with E-state index in [1.165, 1.54) is 31.0 Å². The predicted octanol–water partition coefficient (Wildman–Crippen LogP) is 7.73. The molecule has 1 aliphatic heterocycles. The van der Waals surface area contributed by atoms with E-state index in [0.29, 0.717) is 39.0 Å². The maximum Gasteiger partial charge on any atom is 0.411 e. The lowest BCUT2D eigenvalue weighted by molar-refractivity contribution is 0.00693. The zero-order valence-corrected chi connectivity index (χ0v) is 28.0. The van der Waals surface area contributed by atoms with E-state index in [1.54, 1.807) is 36.4 Å². The number of halogens is 1. The van der Waals surface area contributed by atoms with Crippen LogP contribution in [0.5, 0.6) is 5.88 Å². The van der Waals surface area contributed by atoms with Gasteiger partial charge in [-0.2, -0.15) is 0 Å². The lowest BCUT2D eigenvalue weighted by atomic mass is 9.96. The van der Waals surface area contributed by atoms with Crippen LogP contribution in [0, 0.1) is 19.7 Å². The van der Waals surface area contributed by atoms with Crippen LogP contribution in [0.2, 0.25) is 0 Å². The average Bonchev–Trinajstić information content (AvgIpc) is 3.28. The Morgan fingerprint density at radius 3 is 2.46 bits per heavy atom. The summed E-state index contributed by atoms with van der Waals surface area (Å²) >= 11 is 1.38. The summed E-state index contributed by atoms with van der Waals surface area (Å²) < 4.78 is 31.2. The minimum absolute atomic E-state index is 0.118. The number of methoxy groups -OCH3 is 1. The van der Waals surface area contributed by atoms with E-state index in [0.717, 1.165) is 22.3 Å². The second-order valence-electron chi connectivity index (χ2n) is 12.3. The maximum atomic E-state index is 14.2. The Labute approximate surface area is 272 Å². The molecule has 2 aromatic heterocycles. The van der Waals surface area contributed by atoms with E-state index < -0.39 is 29.8 Å². The number of esters is 1. The number of aryl methyl sites for hydroxylation is 2. The highest BCUT2D eigenvalue weighted by Crippen LogP contribution is 2.38. The van der Waals surface area contributed by atoms with Gasteiger partial charge in [-0.15, -0.1) is 0 Å². The minimum atomic E-state index is -0.640. The van der Waals surface area contributed by atoms with Crippen molar-refractivity contribution in [2.45, 2.75) is 71.0 Å². The van der Waals surface area contributed by atoms with E-state index in [-0.39, 0.29) is 12.4 Å². The summed E-state index contributed by atoms with van der Waals surface area (Å²) in [6, 6.07) is 11.6. The van der Waals surface area contributed by atoms with E-state index in [1.807, 2.05) is 59.1 Å². The van der Waals surface area contributed by atoms with Gasteiger partial charge < -0.3 is 14.2 Å². The van der Waals surface area contributed by atoms with Crippen molar-refractivity contribution in [2.75, 3.05) is 13.4 Å².